The van der Waals surface area contributed by atoms with E-state index in [1.807, 2.05) is 20.8 Å². The first-order valence-corrected chi connectivity index (χ1v) is 9.53. The van der Waals surface area contributed by atoms with Crippen LogP contribution in [0.5, 0.6) is 0 Å². The smallest absolute Gasteiger partial charge is 0.319 e. The number of urea groups is 1. The van der Waals surface area contributed by atoms with E-state index in [-0.39, 0.29) is 23.5 Å². The summed E-state index contributed by atoms with van der Waals surface area (Å²) in [7, 11) is 0. The summed E-state index contributed by atoms with van der Waals surface area (Å²) in [4.78, 5) is 24.7. The van der Waals surface area contributed by atoms with Gasteiger partial charge in [0.2, 0.25) is 0 Å². The van der Waals surface area contributed by atoms with Gasteiger partial charge in [0.15, 0.2) is 0 Å². The second kappa shape index (κ2) is 7.45. The number of carbonyl (C=O) groups is 2. The van der Waals surface area contributed by atoms with Crippen LogP contribution in [-0.2, 0) is 0 Å². The Kier molecular flexibility index (Phi) is 5.44. The largest absolute Gasteiger partial charge is 0.349 e. The molecule has 2 atom stereocenters. The average Bonchev–Trinajstić information content (AvgIpc) is 2.86. The molecule has 2 aliphatic rings. The van der Waals surface area contributed by atoms with Gasteiger partial charge >= 0.3 is 6.03 Å². The van der Waals surface area contributed by atoms with Crippen LogP contribution in [0.2, 0.25) is 5.02 Å². The molecule has 2 fully saturated rings. The second-order valence-corrected chi connectivity index (χ2v) is 8.71. The molecule has 3 rings (SSSR count). The van der Waals surface area contributed by atoms with Gasteiger partial charge in [0.05, 0.1) is 10.6 Å². The van der Waals surface area contributed by atoms with Crippen molar-refractivity contribution in [2.24, 2.45) is 0 Å². The number of amides is 3. The van der Waals surface area contributed by atoms with Crippen LogP contribution in [0.4, 0.5) is 10.5 Å². The molecule has 0 aromatic heterocycles. The summed E-state index contributed by atoms with van der Waals surface area (Å²) in [5.41, 5.74) is 0.572. The number of hydrogen-bond acceptors (Lipinski definition) is 3. The third kappa shape index (κ3) is 4.89. The molecule has 2 heterocycles. The summed E-state index contributed by atoms with van der Waals surface area (Å²) in [6.07, 6.45) is 4.26. The standard InChI is InChI=1S/C19H27ClN4O2/c1-19(2,3)24-18(26)23-13-6-7-16(20)15(10-13)17(25)22-14-8-11-4-5-12(9-14)21-11/h6-7,10-12,14,21H,4-5,8-9H2,1-3H3,(H,22,25)(H2,23,24,26). The molecule has 1 aromatic carbocycles. The van der Waals surface area contributed by atoms with Crippen molar-refractivity contribution < 1.29 is 9.59 Å². The molecule has 2 bridgehead atoms. The van der Waals surface area contributed by atoms with Crippen molar-refractivity contribution >= 4 is 29.2 Å². The van der Waals surface area contributed by atoms with Crippen molar-refractivity contribution in [2.45, 2.75) is 70.1 Å². The minimum atomic E-state index is -0.342. The van der Waals surface area contributed by atoms with E-state index in [9.17, 15) is 9.59 Å². The van der Waals surface area contributed by atoms with E-state index in [4.69, 9.17) is 11.6 Å². The number of hydrogen-bond donors (Lipinski definition) is 4. The Morgan fingerprint density at radius 2 is 1.81 bits per heavy atom. The molecular formula is C19H27ClN4O2. The Balaban J connectivity index is 1.65. The number of fused-ring (bicyclic) bond motifs is 2. The van der Waals surface area contributed by atoms with Crippen molar-refractivity contribution in [3.05, 3.63) is 28.8 Å². The Hall–Kier alpha value is -1.79. The third-order valence-electron chi connectivity index (χ3n) is 4.77. The first-order valence-electron chi connectivity index (χ1n) is 9.15. The maximum Gasteiger partial charge on any atom is 0.319 e. The minimum absolute atomic E-state index is 0.165. The fourth-order valence-corrected chi connectivity index (χ4v) is 3.92. The average molecular weight is 379 g/mol. The lowest BCUT2D eigenvalue weighted by Gasteiger charge is -2.29. The fourth-order valence-electron chi connectivity index (χ4n) is 3.72. The van der Waals surface area contributed by atoms with Crippen LogP contribution in [0.3, 0.4) is 0 Å². The van der Waals surface area contributed by atoms with E-state index < -0.39 is 0 Å². The summed E-state index contributed by atoms with van der Waals surface area (Å²) >= 11 is 6.22. The van der Waals surface area contributed by atoms with Crippen molar-refractivity contribution in [2.75, 3.05) is 5.32 Å². The van der Waals surface area contributed by atoms with E-state index in [1.165, 1.54) is 12.8 Å². The van der Waals surface area contributed by atoms with E-state index in [0.29, 0.717) is 28.4 Å². The Morgan fingerprint density at radius 3 is 2.42 bits per heavy atom. The van der Waals surface area contributed by atoms with Crippen molar-refractivity contribution in [3.8, 4) is 0 Å². The molecule has 2 unspecified atom stereocenters. The zero-order chi connectivity index (χ0) is 18.9. The Labute approximate surface area is 159 Å². The van der Waals surface area contributed by atoms with Crippen LogP contribution in [0.25, 0.3) is 0 Å². The number of halogens is 1. The molecule has 7 heteroatoms. The highest BCUT2D eigenvalue weighted by Crippen LogP contribution is 2.27. The molecule has 6 nitrogen and oxygen atoms in total. The van der Waals surface area contributed by atoms with Crippen LogP contribution in [0.1, 0.15) is 56.8 Å². The van der Waals surface area contributed by atoms with Gasteiger partial charge < -0.3 is 21.3 Å². The predicted octanol–water partition coefficient (Wildman–Crippen LogP) is 3.27. The quantitative estimate of drug-likeness (QED) is 0.651. The zero-order valence-electron chi connectivity index (χ0n) is 15.5. The molecular weight excluding hydrogens is 352 g/mol. The van der Waals surface area contributed by atoms with Crippen LogP contribution in [0, 0.1) is 0 Å². The molecule has 3 amide bonds. The summed E-state index contributed by atoms with van der Waals surface area (Å²) in [5, 5.41) is 12.6. The van der Waals surface area contributed by atoms with Gasteiger partial charge in [0, 0.05) is 29.4 Å². The SMILES string of the molecule is CC(C)(C)NC(=O)Nc1ccc(Cl)c(C(=O)NC2CC3CCC(C2)N3)c1. The normalized spacial score (nSPS) is 24.8. The molecule has 0 spiro atoms. The minimum Gasteiger partial charge on any atom is -0.349 e. The third-order valence-corrected chi connectivity index (χ3v) is 5.10. The number of anilines is 1. The molecule has 0 radical (unpaired) electrons. The maximum absolute atomic E-state index is 12.7. The van der Waals surface area contributed by atoms with E-state index >= 15 is 0 Å². The van der Waals surface area contributed by atoms with Gasteiger partial charge in [-0.15, -0.1) is 0 Å². The number of nitrogens with one attached hydrogen (secondary N) is 4. The highest BCUT2D eigenvalue weighted by atomic mass is 35.5. The van der Waals surface area contributed by atoms with Crippen LogP contribution < -0.4 is 21.3 Å². The number of rotatable bonds is 3. The molecule has 1 aromatic rings. The molecule has 4 N–H and O–H groups in total. The Morgan fingerprint density at radius 1 is 1.15 bits per heavy atom. The van der Waals surface area contributed by atoms with Gasteiger partial charge in [-0.25, -0.2) is 4.79 Å². The summed E-state index contributed by atoms with van der Waals surface area (Å²) in [5.74, 6) is -0.193. The summed E-state index contributed by atoms with van der Waals surface area (Å²) in [6, 6.07) is 5.79. The van der Waals surface area contributed by atoms with Gasteiger partial charge in [0.1, 0.15) is 0 Å². The van der Waals surface area contributed by atoms with Gasteiger partial charge in [-0.05, 0) is 64.7 Å². The monoisotopic (exact) mass is 378 g/mol. The lowest BCUT2D eigenvalue weighted by Crippen LogP contribution is -2.48. The molecule has 26 heavy (non-hydrogen) atoms. The molecule has 142 valence electrons. The number of piperidine rings is 1. The summed E-state index contributed by atoms with van der Waals surface area (Å²) < 4.78 is 0. The van der Waals surface area contributed by atoms with Gasteiger partial charge in [-0.3, -0.25) is 4.79 Å². The lowest BCUT2D eigenvalue weighted by molar-refractivity contribution is 0.0924. The van der Waals surface area contributed by atoms with Crippen molar-refractivity contribution in [1.82, 2.24) is 16.0 Å². The van der Waals surface area contributed by atoms with Gasteiger partial charge in [0.25, 0.3) is 5.91 Å². The number of benzene rings is 1. The number of carbonyl (C=O) groups excluding carboxylic acids is 2. The van der Waals surface area contributed by atoms with Gasteiger partial charge in [-0.1, -0.05) is 11.6 Å². The molecule has 2 aliphatic heterocycles. The summed E-state index contributed by atoms with van der Waals surface area (Å²) in [6.45, 7) is 5.71. The topological polar surface area (TPSA) is 82.3 Å². The van der Waals surface area contributed by atoms with E-state index in [1.54, 1.807) is 18.2 Å². The van der Waals surface area contributed by atoms with Crippen molar-refractivity contribution in [1.29, 1.82) is 0 Å². The molecule has 0 aliphatic carbocycles. The zero-order valence-corrected chi connectivity index (χ0v) is 16.2. The van der Waals surface area contributed by atoms with Gasteiger partial charge in [-0.2, -0.15) is 0 Å². The highest BCUT2D eigenvalue weighted by molar-refractivity contribution is 6.34. The molecule has 2 saturated heterocycles. The molecule has 0 saturated carbocycles. The predicted molar refractivity (Wildman–Crippen MR) is 104 cm³/mol. The van der Waals surface area contributed by atoms with Crippen molar-refractivity contribution in [3.63, 3.8) is 0 Å². The Bertz CT molecular complexity index is 689. The second-order valence-electron chi connectivity index (χ2n) is 8.30. The van der Waals surface area contributed by atoms with E-state index in [2.05, 4.69) is 21.3 Å². The van der Waals surface area contributed by atoms with Crippen LogP contribution in [-0.4, -0.2) is 35.6 Å². The fraction of sp³-hybridized carbons (Fsp3) is 0.579. The highest BCUT2D eigenvalue weighted by Gasteiger charge is 2.34. The first-order chi connectivity index (χ1) is 12.2. The van der Waals surface area contributed by atoms with Crippen LogP contribution >= 0.6 is 11.6 Å². The van der Waals surface area contributed by atoms with E-state index in [0.717, 1.165) is 12.8 Å². The first kappa shape index (κ1) is 19.0. The lowest BCUT2D eigenvalue weighted by atomic mass is 9.99. The van der Waals surface area contributed by atoms with Crippen LogP contribution in [0.15, 0.2) is 18.2 Å². The maximum atomic E-state index is 12.7.